The molecule has 0 rings (SSSR count). The zero-order valence-electron chi connectivity index (χ0n) is 11.3. The van der Waals surface area contributed by atoms with Crippen molar-refractivity contribution in [3.63, 3.8) is 0 Å². The van der Waals surface area contributed by atoms with Crippen LogP contribution in [0.4, 0.5) is 0 Å². The Balaban J connectivity index is -0.000000449. The van der Waals surface area contributed by atoms with Gasteiger partial charge in [0, 0.05) is 5.78 Å². The number of Topliss-reactive ketones (excluding diaryl/α,β-unsaturated/α-hetero) is 1. The van der Waals surface area contributed by atoms with Crippen molar-refractivity contribution in [2.45, 2.75) is 40.7 Å². The summed E-state index contributed by atoms with van der Waals surface area (Å²) in [6.45, 7) is 16.9. The van der Waals surface area contributed by atoms with E-state index in [-0.39, 0.29) is 63.1 Å². The third-order valence-electron chi connectivity index (χ3n) is 2.18. The van der Waals surface area contributed by atoms with Crippen LogP contribution < -0.4 is 51.4 Å². The van der Waals surface area contributed by atoms with Crippen LogP contribution in [0.25, 0.3) is 0 Å². The van der Waals surface area contributed by atoms with E-state index in [1.807, 2.05) is 32.7 Å². The van der Waals surface area contributed by atoms with Crippen LogP contribution in [0.1, 0.15) is 34.6 Å². The number of hydrogen-bond donors (Lipinski definition) is 0. The van der Waals surface area contributed by atoms with Crippen molar-refractivity contribution in [1.82, 2.24) is 4.90 Å². The summed E-state index contributed by atoms with van der Waals surface area (Å²) in [5, 5.41) is 0. The van der Waals surface area contributed by atoms with Gasteiger partial charge in [-0.05, 0) is 19.0 Å². The number of carbonyl (C=O) groups excluding carboxylic acids is 1. The van der Waals surface area contributed by atoms with Crippen LogP contribution in [-0.2, 0) is 4.79 Å². The SMILES string of the molecule is C[C-](C(=O)C(C)C)N(C)C(C)C.[CH-]=C.[K+]. The normalized spacial score (nSPS) is 9.40. The van der Waals surface area contributed by atoms with Gasteiger partial charge in [0.2, 0.25) is 0 Å². The predicted octanol–water partition coefficient (Wildman–Crippen LogP) is -0.287. The molecule has 0 saturated carbocycles. The Labute approximate surface area is 138 Å². The molecule has 0 atom stereocenters. The third kappa shape index (κ3) is 8.66. The van der Waals surface area contributed by atoms with Crippen molar-refractivity contribution in [2.24, 2.45) is 5.92 Å². The number of rotatable bonds is 4. The van der Waals surface area contributed by atoms with Crippen LogP contribution in [-0.4, -0.2) is 23.8 Å². The second kappa shape index (κ2) is 11.4. The van der Waals surface area contributed by atoms with Crippen molar-refractivity contribution in [1.29, 1.82) is 0 Å². The van der Waals surface area contributed by atoms with E-state index in [1.165, 1.54) is 0 Å². The number of ketones is 1. The van der Waals surface area contributed by atoms with Crippen LogP contribution >= 0.6 is 0 Å². The van der Waals surface area contributed by atoms with Gasteiger partial charge in [-0.2, -0.15) is 6.92 Å². The van der Waals surface area contributed by atoms with E-state index in [0.717, 1.165) is 6.04 Å². The van der Waals surface area contributed by atoms with E-state index < -0.39 is 0 Å². The van der Waals surface area contributed by atoms with Gasteiger partial charge in [-0.25, -0.2) is 0 Å². The Morgan fingerprint density at radius 3 is 1.80 bits per heavy atom. The summed E-state index contributed by atoms with van der Waals surface area (Å²) in [7, 11) is 1.96. The first kappa shape index (κ1) is 21.2. The van der Waals surface area contributed by atoms with Crippen LogP contribution in [0, 0.1) is 18.5 Å². The van der Waals surface area contributed by atoms with Crippen LogP contribution in [0.15, 0.2) is 6.58 Å². The molecule has 0 unspecified atom stereocenters. The first-order chi connectivity index (χ1) is 6.37. The van der Waals surface area contributed by atoms with Crippen molar-refractivity contribution in [2.75, 3.05) is 7.05 Å². The standard InChI is InChI=1S/C10H20NO.C2H3.K/c1-7(2)10(12)9(5)11(6)8(3)4;1-2;/h7-8H,1-6H3;1H,2H2;/q2*-1;+1. The van der Waals surface area contributed by atoms with Crippen LogP contribution in [0.3, 0.4) is 0 Å². The molecule has 0 spiro atoms. The molecule has 15 heavy (non-hydrogen) atoms. The fraction of sp³-hybridized carbons (Fsp3) is 0.667. The second-order valence-electron chi connectivity index (χ2n) is 3.81. The average molecular weight is 236 g/mol. The largest absolute Gasteiger partial charge is 1.00 e. The predicted molar refractivity (Wildman–Crippen MR) is 61.6 cm³/mol. The summed E-state index contributed by atoms with van der Waals surface area (Å²) >= 11 is 0. The molecule has 0 aromatic heterocycles. The molecule has 84 valence electrons. The minimum Gasteiger partial charge on any atom is -0.521 e. The molecule has 0 bridgehead atoms. The average Bonchev–Trinajstić information content (AvgIpc) is 2.17. The van der Waals surface area contributed by atoms with E-state index in [1.54, 1.807) is 0 Å². The molecule has 0 aromatic rings. The van der Waals surface area contributed by atoms with Crippen molar-refractivity contribution < 1.29 is 56.2 Å². The maximum atomic E-state index is 11.5. The topological polar surface area (TPSA) is 20.3 Å². The van der Waals surface area contributed by atoms with Crippen LogP contribution in [0.2, 0.25) is 0 Å². The Kier molecular flexibility index (Phi) is 16.1. The van der Waals surface area contributed by atoms with Crippen molar-refractivity contribution in [3.8, 4) is 0 Å². The first-order valence-electron chi connectivity index (χ1n) is 4.89. The minimum atomic E-state index is 0. The molecular weight excluding hydrogens is 213 g/mol. The summed E-state index contributed by atoms with van der Waals surface area (Å²) in [6, 6.07) is 1.26. The van der Waals surface area contributed by atoms with Gasteiger partial charge < -0.3 is 16.3 Å². The van der Waals surface area contributed by atoms with E-state index in [4.69, 9.17) is 0 Å². The number of hydrogen-bond acceptors (Lipinski definition) is 2. The smallest absolute Gasteiger partial charge is 0.521 e. The van der Waals surface area contributed by atoms with Crippen LogP contribution in [0.5, 0.6) is 0 Å². The van der Waals surface area contributed by atoms with Gasteiger partial charge in [-0.15, -0.1) is 0 Å². The van der Waals surface area contributed by atoms with Gasteiger partial charge in [0.15, 0.2) is 0 Å². The maximum Gasteiger partial charge on any atom is 1.00 e. The molecular formula is C12H23KNO-. The molecule has 0 saturated heterocycles. The van der Waals surface area contributed by atoms with Crippen molar-refractivity contribution in [3.05, 3.63) is 19.2 Å². The number of likely N-dealkylation sites (N-methyl/N-ethyl adjacent to an activating group) is 1. The summed E-state index contributed by atoms with van der Waals surface area (Å²) in [5.74, 6) is 0.345. The first-order valence-corrected chi connectivity index (χ1v) is 4.89. The molecule has 0 aliphatic rings. The summed E-state index contributed by atoms with van der Waals surface area (Å²) in [5.41, 5.74) is 0. The molecule has 0 aliphatic carbocycles. The van der Waals surface area contributed by atoms with E-state index >= 15 is 0 Å². The molecule has 0 amide bonds. The zero-order chi connectivity index (χ0) is 11.9. The fourth-order valence-corrected chi connectivity index (χ4v) is 0.979. The molecule has 3 heteroatoms. The van der Waals surface area contributed by atoms with Gasteiger partial charge in [0.05, 0.1) is 0 Å². The van der Waals surface area contributed by atoms with E-state index in [0.29, 0.717) is 6.04 Å². The molecule has 0 heterocycles. The Hall–Kier alpha value is 0.876. The Morgan fingerprint density at radius 1 is 1.27 bits per heavy atom. The summed E-state index contributed by atoms with van der Waals surface area (Å²) in [4.78, 5) is 13.5. The molecule has 0 radical (unpaired) electrons. The minimum absolute atomic E-state index is 0. The van der Waals surface area contributed by atoms with E-state index in [9.17, 15) is 4.79 Å². The monoisotopic (exact) mass is 236 g/mol. The van der Waals surface area contributed by atoms with Gasteiger partial charge in [0.1, 0.15) is 0 Å². The molecule has 0 aliphatic heterocycles. The van der Waals surface area contributed by atoms with E-state index in [2.05, 4.69) is 27.0 Å². The Morgan fingerprint density at radius 2 is 1.60 bits per heavy atom. The summed E-state index contributed by atoms with van der Waals surface area (Å²) < 4.78 is 0. The zero-order valence-corrected chi connectivity index (χ0v) is 14.4. The number of nitrogens with zero attached hydrogens (tertiary/aromatic N) is 1. The maximum absolute atomic E-state index is 11.5. The third-order valence-corrected chi connectivity index (χ3v) is 2.18. The molecule has 0 aromatic carbocycles. The Bertz CT molecular complexity index is 169. The second-order valence-corrected chi connectivity index (χ2v) is 3.81. The number of carbonyl (C=O) groups is 1. The molecule has 2 nitrogen and oxygen atoms in total. The van der Waals surface area contributed by atoms with Gasteiger partial charge >= 0.3 is 51.4 Å². The quantitative estimate of drug-likeness (QED) is 0.494. The summed E-state index contributed by atoms with van der Waals surface area (Å²) in [6.07, 6.45) is 0. The van der Waals surface area contributed by atoms with Gasteiger partial charge in [-0.1, -0.05) is 27.7 Å². The van der Waals surface area contributed by atoms with Gasteiger partial charge in [0.25, 0.3) is 0 Å². The van der Waals surface area contributed by atoms with Gasteiger partial charge in [-0.3, -0.25) is 12.6 Å². The van der Waals surface area contributed by atoms with Crippen molar-refractivity contribution >= 4 is 5.78 Å². The molecule has 0 fully saturated rings. The fourth-order valence-electron chi connectivity index (χ4n) is 0.979. The molecule has 0 N–H and O–H groups in total.